The first-order chi connectivity index (χ1) is 4.22. The number of hydrogen-bond donors (Lipinski definition) is 1. The van der Waals surface area contributed by atoms with Crippen LogP contribution in [0.15, 0.2) is 0 Å². The Kier molecular flexibility index (Phi) is 4.30. The molecule has 2 heteroatoms. The second-order valence-electron chi connectivity index (χ2n) is 3.43. The summed E-state index contributed by atoms with van der Waals surface area (Å²) in [6, 6.07) is 0.480. The van der Waals surface area contributed by atoms with Crippen LogP contribution in [-0.4, -0.2) is 6.04 Å². The van der Waals surface area contributed by atoms with Gasteiger partial charge >= 0.3 is 0 Å². The Hall–Kier alpha value is 0.250. The van der Waals surface area contributed by atoms with Gasteiger partial charge in [0.15, 0.2) is 0 Å². The Morgan fingerprint density at radius 2 is 1.80 bits per heavy atom. The molecule has 1 saturated carbocycles. The minimum absolute atomic E-state index is 0. The minimum atomic E-state index is 0. The minimum Gasteiger partial charge on any atom is -0.327 e. The highest BCUT2D eigenvalue weighted by molar-refractivity contribution is 5.85. The quantitative estimate of drug-likeness (QED) is 0.582. The normalized spacial score (nSPS) is 40.5. The predicted molar refractivity (Wildman–Crippen MR) is 47.4 cm³/mol. The molecule has 0 saturated heterocycles. The van der Waals surface area contributed by atoms with E-state index >= 15 is 0 Å². The summed E-state index contributed by atoms with van der Waals surface area (Å²) in [5.41, 5.74) is 5.87. The van der Waals surface area contributed by atoms with E-state index in [4.69, 9.17) is 5.73 Å². The summed E-state index contributed by atoms with van der Waals surface area (Å²) in [7, 11) is 0. The maximum Gasteiger partial charge on any atom is 0.00670 e. The van der Waals surface area contributed by atoms with Gasteiger partial charge in [0.2, 0.25) is 0 Å². The Labute approximate surface area is 69.8 Å². The van der Waals surface area contributed by atoms with Gasteiger partial charge in [0.1, 0.15) is 0 Å². The lowest BCUT2D eigenvalue weighted by molar-refractivity contribution is 0.240. The Bertz CT molecular complexity index is 85.3. The van der Waals surface area contributed by atoms with Gasteiger partial charge in [-0.3, -0.25) is 0 Å². The van der Waals surface area contributed by atoms with Crippen molar-refractivity contribution in [3.8, 4) is 0 Å². The Balaban J connectivity index is 0.000000810. The molecule has 0 aliphatic heterocycles. The first kappa shape index (κ1) is 10.2. The van der Waals surface area contributed by atoms with Gasteiger partial charge in [0.05, 0.1) is 0 Å². The molecule has 0 heterocycles. The van der Waals surface area contributed by atoms with Crippen molar-refractivity contribution in [2.24, 2.45) is 17.6 Å². The van der Waals surface area contributed by atoms with E-state index in [1.807, 2.05) is 0 Å². The molecule has 0 spiro atoms. The van der Waals surface area contributed by atoms with Crippen LogP contribution >= 0.6 is 12.4 Å². The molecule has 0 bridgehead atoms. The fourth-order valence-electron chi connectivity index (χ4n) is 1.62. The number of nitrogens with two attached hydrogens (primary N) is 1. The molecule has 0 radical (unpaired) electrons. The molecule has 0 aromatic heterocycles. The zero-order valence-electron chi connectivity index (χ0n) is 6.84. The third kappa shape index (κ3) is 2.14. The maximum atomic E-state index is 5.87. The van der Waals surface area contributed by atoms with Gasteiger partial charge < -0.3 is 5.73 Å². The highest BCUT2D eigenvalue weighted by Crippen LogP contribution is 2.27. The molecule has 62 valence electrons. The average Bonchev–Trinajstić information content (AvgIpc) is 1.83. The Morgan fingerprint density at radius 1 is 1.20 bits per heavy atom. The van der Waals surface area contributed by atoms with Crippen LogP contribution in [0.25, 0.3) is 0 Å². The molecule has 1 rings (SSSR count). The van der Waals surface area contributed by atoms with E-state index in [-0.39, 0.29) is 12.4 Å². The predicted octanol–water partition coefficient (Wildman–Crippen LogP) is 2.19. The van der Waals surface area contributed by atoms with Crippen LogP contribution < -0.4 is 5.73 Å². The molecule has 3 atom stereocenters. The molecular weight excluding hydrogens is 146 g/mol. The van der Waals surface area contributed by atoms with Crippen LogP contribution in [0.5, 0.6) is 0 Å². The monoisotopic (exact) mass is 163 g/mol. The Morgan fingerprint density at radius 3 is 2.20 bits per heavy atom. The molecule has 2 N–H and O–H groups in total. The van der Waals surface area contributed by atoms with E-state index in [1.54, 1.807) is 0 Å². The number of rotatable bonds is 0. The number of halogens is 1. The third-order valence-electron chi connectivity index (χ3n) is 2.77. The van der Waals surface area contributed by atoms with E-state index in [0.717, 1.165) is 11.8 Å². The van der Waals surface area contributed by atoms with Crippen molar-refractivity contribution in [2.45, 2.75) is 39.2 Å². The van der Waals surface area contributed by atoms with E-state index < -0.39 is 0 Å². The van der Waals surface area contributed by atoms with Crippen LogP contribution in [-0.2, 0) is 0 Å². The first-order valence-corrected chi connectivity index (χ1v) is 3.97. The highest BCUT2D eigenvalue weighted by Gasteiger charge is 2.23. The van der Waals surface area contributed by atoms with Gasteiger partial charge in [-0.15, -0.1) is 12.4 Å². The van der Waals surface area contributed by atoms with Crippen molar-refractivity contribution in [1.82, 2.24) is 0 Å². The third-order valence-corrected chi connectivity index (χ3v) is 2.77. The molecule has 1 nitrogen and oxygen atoms in total. The second kappa shape index (κ2) is 4.20. The summed E-state index contributed by atoms with van der Waals surface area (Å²) >= 11 is 0. The van der Waals surface area contributed by atoms with Gasteiger partial charge in [-0.25, -0.2) is 0 Å². The van der Waals surface area contributed by atoms with Crippen molar-refractivity contribution in [3.05, 3.63) is 0 Å². The average molecular weight is 164 g/mol. The lowest BCUT2D eigenvalue weighted by atomic mass is 9.78. The van der Waals surface area contributed by atoms with Crippen molar-refractivity contribution in [3.63, 3.8) is 0 Å². The van der Waals surface area contributed by atoms with E-state index in [2.05, 4.69) is 13.8 Å². The first-order valence-electron chi connectivity index (χ1n) is 3.97. The van der Waals surface area contributed by atoms with Gasteiger partial charge in [-0.1, -0.05) is 26.7 Å². The zero-order valence-corrected chi connectivity index (χ0v) is 7.66. The van der Waals surface area contributed by atoms with E-state index in [1.165, 1.54) is 19.3 Å². The molecule has 3 unspecified atom stereocenters. The van der Waals surface area contributed by atoms with E-state index in [0.29, 0.717) is 6.04 Å². The van der Waals surface area contributed by atoms with Crippen LogP contribution in [0.3, 0.4) is 0 Å². The maximum absolute atomic E-state index is 5.87. The molecule has 1 fully saturated rings. The van der Waals surface area contributed by atoms with Crippen molar-refractivity contribution in [2.75, 3.05) is 0 Å². The highest BCUT2D eigenvalue weighted by atomic mass is 35.5. The van der Waals surface area contributed by atoms with Crippen LogP contribution in [0.1, 0.15) is 33.1 Å². The molecule has 10 heavy (non-hydrogen) atoms. The van der Waals surface area contributed by atoms with E-state index in [9.17, 15) is 0 Å². The molecule has 1 aliphatic carbocycles. The van der Waals surface area contributed by atoms with Crippen LogP contribution in [0, 0.1) is 11.8 Å². The van der Waals surface area contributed by atoms with Crippen LogP contribution in [0.4, 0.5) is 0 Å². The summed E-state index contributed by atoms with van der Waals surface area (Å²) < 4.78 is 0. The zero-order chi connectivity index (χ0) is 6.85. The lowest BCUT2D eigenvalue weighted by Crippen LogP contribution is -2.35. The molecule has 0 aromatic carbocycles. The van der Waals surface area contributed by atoms with Crippen molar-refractivity contribution < 1.29 is 0 Å². The summed E-state index contributed by atoms with van der Waals surface area (Å²) in [5, 5.41) is 0. The standard InChI is InChI=1S/C8H17N.ClH/c1-6-4-3-5-8(9)7(6)2;/h6-8H,3-5,9H2,1-2H3;1H. The summed E-state index contributed by atoms with van der Waals surface area (Å²) in [6.07, 6.45) is 3.97. The fraction of sp³-hybridized carbons (Fsp3) is 1.00. The van der Waals surface area contributed by atoms with Crippen molar-refractivity contribution >= 4 is 12.4 Å². The van der Waals surface area contributed by atoms with Gasteiger partial charge in [-0.05, 0) is 18.3 Å². The fourth-order valence-corrected chi connectivity index (χ4v) is 1.62. The molecule has 1 aliphatic rings. The van der Waals surface area contributed by atoms with Crippen molar-refractivity contribution in [1.29, 1.82) is 0 Å². The smallest absolute Gasteiger partial charge is 0.00670 e. The van der Waals surface area contributed by atoms with Crippen LogP contribution in [0.2, 0.25) is 0 Å². The summed E-state index contributed by atoms with van der Waals surface area (Å²) in [6.45, 7) is 4.58. The van der Waals surface area contributed by atoms with Gasteiger partial charge in [-0.2, -0.15) is 0 Å². The van der Waals surface area contributed by atoms with Gasteiger partial charge in [0, 0.05) is 6.04 Å². The van der Waals surface area contributed by atoms with Gasteiger partial charge in [0.25, 0.3) is 0 Å². The summed E-state index contributed by atoms with van der Waals surface area (Å²) in [5.74, 6) is 1.60. The summed E-state index contributed by atoms with van der Waals surface area (Å²) in [4.78, 5) is 0. The largest absolute Gasteiger partial charge is 0.327 e. The SMILES string of the molecule is CC1CCCC(N)C1C.Cl. The topological polar surface area (TPSA) is 26.0 Å². The lowest BCUT2D eigenvalue weighted by Gasteiger charge is -2.31. The molecular formula is C8H18ClN. The molecule has 0 aromatic rings. The second-order valence-corrected chi connectivity index (χ2v) is 3.43. The molecule has 0 amide bonds. The number of hydrogen-bond acceptors (Lipinski definition) is 1.